The van der Waals surface area contributed by atoms with Crippen LogP contribution in [0, 0.1) is 0 Å². The maximum atomic E-state index is 12.8. The second-order valence-corrected chi connectivity index (χ2v) is 8.59. The van der Waals surface area contributed by atoms with Crippen LogP contribution in [0.3, 0.4) is 0 Å². The molecule has 30 heavy (non-hydrogen) atoms. The van der Waals surface area contributed by atoms with E-state index >= 15 is 0 Å². The molecule has 0 aliphatic carbocycles. The second kappa shape index (κ2) is 8.61. The largest absolute Gasteiger partial charge is 0.496 e. The average molecular weight is 487 g/mol. The van der Waals surface area contributed by atoms with Crippen LogP contribution >= 0.6 is 27.7 Å². The number of amides is 1. The van der Waals surface area contributed by atoms with Gasteiger partial charge in [-0.1, -0.05) is 52.8 Å². The van der Waals surface area contributed by atoms with E-state index in [2.05, 4.69) is 31.1 Å². The van der Waals surface area contributed by atoms with Crippen molar-refractivity contribution in [3.05, 3.63) is 52.5 Å². The lowest BCUT2D eigenvalue weighted by atomic mass is 10.1. The topological polar surface area (TPSA) is 77.4 Å². The van der Waals surface area contributed by atoms with E-state index in [1.807, 2.05) is 49.4 Å². The number of halogens is 1. The minimum absolute atomic E-state index is 0.182. The van der Waals surface area contributed by atoms with Crippen molar-refractivity contribution in [2.45, 2.75) is 25.2 Å². The summed E-state index contributed by atoms with van der Waals surface area (Å²) in [6, 6.07) is 13.1. The Balaban J connectivity index is 1.98. The quantitative estimate of drug-likeness (QED) is 0.486. The van der Waals surface area contributed by atoms with Crippen LogP contribution in [-0.2, 0) is 4.79 Å². The minimum Gasteiger partial charge on any atom is -0.496 e. The van der Waals surface area contributed by atoms with Crippen LogP contribution in [0.5, 0.6) is 11.6 Å². The number of anilines is 1. The van der Waals surface area contributed by atoms with Gasteiger partial charge in [-0.2, -0.15) is 4.98 Å². The molecule has 1 aliphatic rings. The Hall–Kier alpha value is -2.65. The number of aromatic nitrogens is 3. The monoisotopic (exact) mass is 486 g/mol. The van der Waals surface area contributed by atoms with Gasteiger partial charge in [0.2, 0.25) is 23.2 Å². The molecule has 0 fully saturated rings. The van der Waals surface area contributed by atoms with Gasteiger partial charge >= 0.3 is 0 Å². The lowest BCUT2D eigenvalue weighted by Gasteiger charge is -2.30. The van der Waals surface area contributed by atoms with Crippen LogP contribution in [0.25, 0.3) is 11.3 Å². The SMILES string of the molecule is CCSc1nnc2c(n1)O[C@H](c1cc(Br)ccc1OC)N(C(C)=O)c1ccccc1-2. The first-order valence-corrected chi connectivity index (χ1v) is 11.1. The first-order chi connectivity index (χ1) is 14.5. The smallest absolute Gasteiger partial charge is 0.247 e. The Kier molecular flexibility index (Phi) is 5.92. The van der Waals surface area contributed by atoms with Crippen LogP contribution < -0.4 is 14.4 Å². The summed E-state index contributed by atoms with van der Waals surface area (Å²) in [7, 11) is 1.59. The van der Waals surface area contributed by atoms with Crippen molar-refractivity contribution >= 4 is 39.3 Å². The predicted molar refractivity (Wildman–Crippen MR) is 119 cm³/mol. The third-order valence-corrected chi connectivity index (χ3v) is 5.80. The number of hydrogen-bond donors (Lipinski definition) is 0. The third kappa shape index (κ3) is 3.75. The van der Waals surface area contributed by atoms with E-state index in [9.17, 15) is 4.79 Å². The molecule has 4 rings (SSSR count). The number of para-hydroxylation sites is 1. The maximum Gasteiger partial charge on any atom is 0.247 e. The summed E-state index contributed by atoms with van der Waals surface area (Å²) in [6.45, 7) is 3.52. The summed E-state index contributed by atoms with van der Waals surface area (Å²) in [4.78, 5) is 19.0. The fourth-order valence-corrected chi connectivity index (χ4v) is 4.23. The highest BCUT2D eigenvalue weighted by Crippen LogP contribution is 2.45. The van der Waals surface area contributed by atoms with Crippen molar-refractivity contribution in [3.8, 4) is 22.9 Å². The molecule has 0 unspecified atom stereocenters. The highest BCUT2D eigenvalue weighted by molar-refractivity contribution is 9.10. The molecule has 0 bridgehead atoms. The van der Waals surface area contributed by atoms with Crippen molar-refractivity contribution in [1.82, 2.24) is 15.2 Å². The summed E-state index contributed by atoms with van der Waals surface area (Å²) < 4.78 is 12.8. The van der Waals surface area contributed by atoms with Gasteiger partial charge < -0.3 is 9.47 Å². The zero-order valence-corrected chi connectivity index (χ0v) is 19.0. The number of benzene rings is 2. The molecule has 1 aliphatic heterocycles. The van der Waals surface area contributed by atoms with Gasteiger partial charge in [-0.3, -0.25) is 9.69 Å². The van der Waals surface area contributed by atoms with Crippen molar-refractivity contribution < 1.29 is 14.3 Å². The molecule has 0 saturated heterocycles. The van der Waals surface area contributed by atoms with Crippen LogP contribution in [0.1, 0.15) is 25.6 Å². The van der Waals surface area contributed by atoms with E-state index in [0.29, 0.717) is 33.7 Å². The van der Waals surface area contributed by atoms with Gasteiger partial charge in [-0.15, -0.1) is 10.2 Å². The van der Waals surface area contributed by atoms with Gasteiger partial charge in [0.05, 0.1) is 18.4 Å². The highest BCUT2D eigenvalue weighted by atomic mass is 79.9. The molecule has 2 heterocycles. The van der Waals surface area contributed by atoms with E-state index in [4.69, 9.17) is 9.47 Å². The van der Waals surface area contributed by atoms with Gasteiger partial charge in [-0.25, -0.2) is 0 Å². The van der Waals surface area contributed by atoms with Crippen LogP contribution in [-0.4, -0.2) is 34.0 Å². The van der Waals surface area contributed by atoms with E-state index in [1.165, 1.54) is 18.7 Å². The lowest BCUT2D eigenvalue weighted by molar-refractivity contribution is -0.118. The summed E-state index contributed by atoms with van der Waals surface area (Å²) in [6.07, 6.45) is -0.798. The molecule has 0 N–H and O–H groups in total. The summed E-state index contributed by atoms with van der Waals surface area (Å²) in [5.74, 6) is 1.54. The van der Waals surface area contributed by atoms with E-state index in [1.54, 1.807) is 12.0 Å². The van der Waals surface area contributed by atoms with Crippen molar-refractivity contribution in [1.29, 1.82) is 0 Å². The summed E-state index contributed by atoms with van der Waals surface area (Å²) in [5.41, 5.74) is 2.58. The first-order valence-electron chi connectivity index (χ1n) is 9.30. The molecule has 1 aromatic heterocycles. The van der Waals surface area contributed by atoms with Crippen LogP contribution in [0.15, 0.2) is 52.1 Å². The number of thioether (sulfide) groups is 1. The summed E-state index contributed by atoms with van der Waals surface area (Å²) in [5, 5.41) is 9.13. The molecule has 7 nitrogen and oxygen atoms in total. The van der Waals surface area contributed by atoms with Crippen molar-refractivity contribution in [3.63, 3.8) is 0 Å². The average Bonchev–Trinajstić information content (AvgIpc) is 2.88. The Labute approximate surface area is 186 Å². The Bertz CT molecular complexity index is 1110. The molecule has 154 valence electrons. The van der Waals surface area contributed by atoms with E-state index in [-0.39, 0.29) is 5.91 Å². The fourth-order valence-electron chi connectivity index (χ4n) is 3.34. The molecule has 1 amide bonds. The number of carbonyl (C=O) groups is 1. The van der Waals surface area contributed by atoms with Gasteiger partial charge in [0, 0.05) is 17.0 Å². The number of nitrogens with zero attached hydrogens (tertiary/aromatic N) is 4. The fraction of sp³-hybridized carbons (Fsp3) is 0.238. The normalized spacial score (nSPS) is 14.9. The van der Waals surface area contributed by atoms with Crippen molar-refractivity contribution in [2.24, 2.45) is 0 Å². The number of carbonyl (C=O) groups excluding carboxylic acids is 1. The molecular weight excluding hydrogens is 468 g/mol. The number of hydrogen-bond acceptors (Lipinski definition) is 7. The first kappa shape index (κ1) is 20.6. The standard InChI is InChI=1S/C21H19BrN4O3S/c1-4-30-21-23-19-18(24-25-21)14-7-5-6-8-16(14)26(12(2)27)20(29-19)15-11-13(22)9-10-17(15)28-3/h5-11,20H,4H2,1-3H3/t20-/m1/s1. The Morgan fingerprint density at radius 1 is 1.27 bits per heavy atom. The molecule has 9 heteroatoms. The van der Waals surface area contributed by atoms with Gasteiger partial charge in [-0.05, 0) is 30.0 Å². The molecule has 2 aromatic carbocycles. The lowest BCUT2D eigenvalue weighted by Crippen LogP contribution is -2.36. The van der Waals surface area contributed by atoms with Crippen LogP contribution in [0.2, 0.25) is 0 Å². The molecule has 0 spiro atoms. The third-order valence-electron chi connectivity index (χ3n) is 4.58. The molecule has 3 aromatic rings. The van der Waals surface area contributed by atoms with Gasteiger partial charge in [0.15, 0.2) is 5.69 Å². The van der Waals surface area contributed by atoms with Crippen LogP contribution in [0.4, 0.5) is 5.69 Å². The highest BCUT2D eigenvalue weighted by Gasteiger charge is 2.36. The number of fused-ring (bicyclic) bond motifs is 3. The van der Waals surface area contributed by atoms with Crippen molar-refractivity contribution in [2.75, 3.05) is 17.8 Å². The predicted octanol–water partition coefficient (Wildman–Crippen LogP) is 4.87. The zero-order valence-electron chi connectivity index (χ0n) is 16.6. The molecule has 0 saturated carbocycles. The van der Waals surface area contributed by atoms with E-state index in [0.717, 1.165) is 15.8 Å². The zero-order chi connectivity index (χ0) is 21.3. The summed E-state index contributed by atoms with van der Waals surface area (Å²) >= 11 is 4.98. The Morgan fingerprint density at radius 3 is 2.80 bits per heavy atom. The number of methoxy groups -OCH3 is 1. The number of rotatable bonds is 4. The molecule has 0 radical (unpaired) electrons. The minimum atomic E-state index is -0.798. The number of ether oxygens (including phenoxy) is 2. The van der Waals surface area contributed by atoms with Gasteiger partial charge in [0.25, 0.3) is 0 Å². The van der Waals surface area contributed by atoms with E-state index < -0.39 is 6.23 Å². The maximum absolute atomic E-state index is 12.8. The Morgan fingerprint density at radius 2 is 2.07 bits per heavy atom. The van der Waals surface area contributed by atoms with Gasteiger partial charge in [0.1, 0.15) is 5.75 Å². The second-order valence-electron chi connectivity index (χ2n) is 6.44. The molecular formula is C21H19BrN4O3S. The molecule has 1 atom stereocenters.